The van der Waals surface area contributed by atoms with E-state index in [1.807, 2.05) is 0 Å². The molecule has 0 atom stereocenters. The Morgan fingerprint density at radius 1 is 0.778 bits per heavy atom. The third-order valence-corrected chi connectivity index (χ3v) is 3.66. The Labute approximate surface area is 108 Å². The molecule has 0 radical (unpaired) electrons. The Morgan fingerprint density at radius 3 is 1.89 bits per heavy atom. The normalized spacial score (nSPS) is 11.2. The average molecular weight is 234 g/mol. The first kappa shape index (κ1) is 11.3. The van der Waals surface area contributed by atoms with Crippen molar-refractivity contribution in [1.29, 1.82) is 0 Å². The maximum Gasteiger partial charge on any atom is -0.0146 e. The fraction of sp³-hybridized carbons (Fsp3) is 0.222. The molecule has 0 saturated carbocycles. The summed E-state index contributed by atoms with van der Waals surface area (Å²) in [4.78, 5) is 0. The molecule has 0 spiro atoms. The van der Waals surface area contributed by atoms with Crippen molar-refractivity contribution < 1.29 is 0 Å². The molecule has 90 valence electrons. The van der Waals surface area contributed by atoms with Crippen LogP contribution in [0.1, 0.15) is 25.3 Å². The molecule has 0 heterocycles. The molecule has 0 aliphatic carbocycles. The van der Waals surface area contributed by atoms with Gasteiger partial charge in [0.2, 0.25) is 0 Å². The lowest BCUT2D eigenvalue weighted by molar-refractivity contribution is 0.802. The van der Waals surface area contributed by atoms with Gasteiger partial charge in [0.1, 0.15) is 0 Å². The monoisotopic (exact) mass is 234 g/mol. The molecule has 0 aliphatic heterocycles. The van der Waals surface area contributed by atoms with Crippen LogP contribution in [0.3, 0.4) is 0 Å². The van der Waals surface area contributed by atoms with Crippen LogP contribution in [0.4, 0.5) is 0 Å². The lowest BCUT2D eigenvalue weighted by Crippen LogP contribution is -1.90. The minimum Gasteiger partial charge on any atom is -0.0654 e. The zero-order valence-corrected chi connectivity index (χ0v) is 10.8. The lowest BCUT2D eigenvalue weighted by atomic mass is 9.94. The maximum atomic E-state index is 2.31. The van der Waals surface area contributed by atoms with Gasteiger partial charge < -0.3 is 0 Å². The van der Waals surface area contributed by atoms with E-state index in [4.69, 9.17) is 0 Å². The van der Waals surface area contributed by atoms with E-state index in [-0.39, 0.29) is 0 Å². The van der Waals surface area contributed by atoms with Crippen LogP contribution in [0.15, 0.2) is 54.6 Å². The van der Waals surface area contributed by atoms with Crippen LogP contribution in [-0.4, -0.2) is 0 Å². The van der Waals surface area contributed by atoms with Crippen LogP contribution in [0.25, 0.3) is 21.5 Å². The molecular formula is C18H18. The summed E-state index contributed by atoms with van der Waals surface area (Å²) in [7, 11) is 0. The highest BCUT2D eigenvalue weighted by Crippen LogP contribution is 2.29. The summed E-state index contributed by atoms with van der Waals surface area (Å²) in [5.74, 6) is 0. The van der Waals surface area contributed by atoms with Gasteiger partial charge in [-0.25, -0.2) is 0 Å². The van der Waals surface area contributed by atoms with E-state index in [1.165, 1.54) is 46.4 Å². The van der Waals surface area contributed by atoms with Gasteiger partial charge in [-0.2, -0.15) is 0 Å². The second-order valence-corrected chi connectivity index (χ2v) is 4.90. The van der Waals surface area contributed by atoms with Gasteiger partial charge in [0.25, 0.3) is 0 Å². The molecule has 0 unspecified atom stereocenters. The van der Waals surface area contributed by atoms with Gasteiger partial charge >= 0.3 is 0 Å². The minimum atomic E-state index is 1.18. The summed E-state index contributed by atoms with van der Waals surface area (Å²) < 4.78 is 0. The van der Waals surface area contributed by atoms with E-state index >= 15 is 0 Å². The predicted molar refractivity (Wildman–Crippen MR) is 80.1 cm³/mol. The Morgan fingerprint density at radius 2 is 1.33 bits per heavy atom. The Bertz CT molecular complexity index is 626. The molecule has 3 aromatic rings. The van der Waals surface area contributed by atoms with E-state index < -0.39 is 0 Å². The first-order valence-electron chi connectivity index (χ1n) is 6.79. The largest absolute Gasteiger partial charge is 0.0654 e. The van der Waals surface area contributed by atoms with Crippen LogP contribution in [-0.2, 0) is 6.42 Å². The number of hydrogen-bond donors (Lipinski definition) is 0. The van der Waals surface area contributed by atoms with Crippen LogP contribution in [0, 0.1) is 0 Å². The number of unbranched alkanes of at least 4 members (excludes halogenated alkanes) is 1. The van der Waals surface area contributed by atoms with Gasteiger partial charge in [0.15, 0.2) is 0 Å². The van der Waals surface area contributed by atoms with Gasteiger partial charge in [-0.1, -0.05) is 61.9 Å². The van der Waals surface area contributed by atoms with Crippen molar-refractivity contribution in [2.45, 2.75) is 26.2 Å². The summed E-state index contributed by atoms with van der Waals surface area (Å²) in [6.45, 7) is 2.26. The van der Waals surface area contributed by atoms with Crippen LogP contribution in [0.2, 0.25) is 0 Å². The summed E-state index contributed by atoms with van der Waals surface area (Å²) in [6, 6.07) is 19.8. The van der Waals surface area contributed by atoms with Crippen LogP contribution < -0.4 is 0 Å². The van der Waals surface area contributed by atoms with Crippen molar-refractivity contribution in [3.05, 3.63) is 60.2 Å². The number of aryl methyl sites for hydroxylation is 1. The lowest BCUT2D eigenvalue weighted by Gasteiger charge is -2.11. The van der Waals surface area contributed by atoms with Gasteiger partial charge in [-0.15, -0.1) is 0 Å². The van der Waals surface area contributed by atoms with Gasteiger partial charge in [-0.3, -0.25) is 0 Å². The standard InChI is InChI=1S/C18H18/c1-2-3-10-18-16-11-6-4-8-14(16)13-15-9-5-7-12-17(15)18/h4-9,11-13H,2-3,10H2,1H3. The topological polar surface area (TPSA) is 0 Å². The Balaban J connectivity index is 2.34. The zero-order valence-electron chi connectivity index (χ0n) is 10.8. The number of fused-ring (bicyclic) bond motifs is 2. The fourth-order valence-electron chi connectivity index (χ4n) is 2.73. The summed E-state index contributed by atoms with van der Waals surface area (Å²) in [6.07, 6.45) is 3.69. The Hall–Kier alpha value is -1.82. The summed E-state index contributed by atoms with van der Waals surface area (Å²) in [5, 5.41) is 5.57. The highest BCUT2D eigenvalue weighted by atomic mass is 14.1. The first-order chi connectivity index (χ1) is 8.90. The fourth-order valence-corrected chi connectivity index (χ4v) is 2.73. The predicted octanol–water partition coefficient (Wildman–Crippen LogP) is 5.34. The Kier molecular flexibility index (Phi) is 3.02. The molecule has 0 aromatic heterocycles. The molecule has 0 fully saturated rings. The van der Waals surface area contributed by atoms with Gasteiger partial charge in [0.05, 0.1) is 0 Å². The minimum absolute atomic E-state index is 1.18. The summed E-state index contributed by atoms with van der Waals surface area (Å²) in [5.41, 5.74) is 1.52. The molecule has 18 heavy (non-hydrogen) atoms. The number of benzene rings is 3. The van der Waals surface area contributed by atoms with E-state index in [2.05, 4.69) is 61.5 Å². The molecule has 0 saturated heterocycles. The highest BCUT2D eigenvalue weighted by molar-refractivity contribution is 6.02. The van der Waals surface area contributed by atoms with Crippen LogP contribution in [0.5, 0.6) is 0 Å². The van der Waals surface area contributed by atoms with E-state index in [0.29, 0.717) is 0 Å². The number of rotatable bonds is 3. The molecule has 0 aliphatic rings. The second kappa shape index (κ2) is 4.81. The van der Waals surface area contributed by atoms with E-state index in [0.717, 1.165) is 0 Å². The first-order valence-corrected chi connectivity index (χ1v) is 6.79. The molecule has 0 amide bonds. The summed E-state index contributed by atoms with van der Waals surface area (Å²) >= 11 is 0. The van der Waals surface area contributed by atoms with Crippen molar-refractivity contribution >= 4 is 21.5 Å². The zero-order chi connectivity index (χ0) is 12.4. The quantitative estimate of drug-likeness (QED) is 0.537. The van der Waals surface area contributed by atoms with Crippen molar-refractivity contribution in [1.82, 2.24) is 0 Å². The van der Waals surface area contributed by atoms with Gasteiger partial charge in [0, 0.05) is 0 Å². The van der Waals surface area contributed by atoms with Crippen molar-refractivity contribution in [3.63, 3.8) is 0 Å². The second-order valence-electron chi connectivity index (χ2n) is 4.90. The highest BCUT2D eigenvalue weighted by Gasteiger charge is 2.06. The van der Waals surface area contributed by atoms with Crippen molar-refractivity contribution in [2.75, 3.05) is 0 Å². The smallest absolute Gasteiger partial charge is 0.0146 e. The third-order valence-electron chi connectivity index (χ3n) is 3.66. The molecule has 0 nitrogen and oxygen atoms in total. The molecule has 3 aromatic carbocycles. The molecule has 0 bridgehead atoms. The maximum absolute atomic E-state index is 2.31. The van der Waals surface area contributed by atoms with Crippen LogP contribution >= 0.6 is 0 Å². The molecular weight excluding hydrogens is 216 g/mol. The van der Waals surface area contributed by atoms with E-state index in [1.54, 1.807) is 0 Å². The van der Waals surface area contributed by atoms with Gasteiger partial charge in [-0.05, 0) is 46.0 Å². The van der Waals surface area contributed by atoms with Crippen molar-refractivity contribution in [3.8, 4) is 0 Å². The molecule has 0 N–H and O–H groups in total. The average Bonchev–Trinajstić information content (AvgIpc) is 2.43. The molecule has 0 heteroatoms. The SMILES string of the molecule is CCCCc1c2ccccc2cc2ccccc12. The molecule has 3 rings (SSSR count). The number of hydrogen-bond acceptors (Lipinski definition) is 0. The third kappa shape index (κ3) is 1.88. The van der Waals surface area contributed by atoms with E-state index in [9.17, 15) is 0 Å². The van der Waals surface area contributed by atoms with Crippen molar-refractivity contribution in [2.24, 2.45) is 0 Å².